The van der Waals surface area contributed by atoms with Crippen LogP contribution in [0, 0.1) is 6.92 Å². The number of phenols is 1. The van der Waals surface area contributed by atoms with Crippen molar-refractivity contribution in [1.82, 2.24) is 0 Å². The quantitative estimate of drug-likeness (QED) is 0.357. The highest BCUT2D eigenvalue weighted by molar-refractivity contribution is 6.08. The molecule has 2 nitrogen and oxygen atoms in total. The van der Waals surface area contributed by atoms with Crippen molar-refractivity contribution in [3.05, 3.63) is 114 Å². The largest absolute Gasteiger partial charge is 0.507 e. The first-order valence-electron chi connectivity index (χ1n) is 10.1. The number of aliphatic hydroxyl groups is 1. The van der Waals surface area contributed by atoms with Crippen molar-refractivity contribution in [3.8, 4) is 16.9 Å². The molecule has 1 atom stereocenters. The standard InChI is InChI=1S/C28H22O2/c1-18-10-12-21(13-11-18)28(30)24-16-14-19-6-2-4-8-22(19)26(24)27-23-9-5-3-7-20(23)15-17-25(27)29/h2-17,28-30H,1H3/t28-/m1/s1. The van der Waals surface area contributed by atoms with Crippen LogP contribution in [0.2, 0.25) is 0 Å². The maximum Gasteiger partial charge on any atom is 0.124 e. The van der Waals surface area contributed by atoms with Gasteiger partial charge in [0, 0.05) is 5.56 Å². The predicted octanol–water partition coefficient (Wildman–Crippen LogP) is 6.76. The average molecular weight is 390 g/mol. The van der Waals surface area contributed by atoms with Crippen LogP contribution in [-0.2, 0) is 0 Å². The van der Waals surface area contributed by atoms with E-state index in [-0.39, 0.29) is 5.75 Å². The fraction of sp³-hybridized carbons (Fsp3) is 0.0714. The van der Waals surface area contributed by atoms with Gasteiger partial charge in [0.15, 0.2) is 0 Å². The Bertz CT molecular complexity index is 1370. The lowest BCUT2D eigenvalue weighted by atomic mass is 9.86. The van der Waals surface area contributed by atoms with Crippen molar-refractivity contribution in [2.24, 2.45) is 0 Å². The number of hydrogen-bond acceptors (Lipinski definition) is 2. The van der Waals surface area contributed by atoms with E-state index in [4.69, 9.17) is 0 Å². The van der Waals surface area contributed by atoms with Crippen LogP contribution < -0.4 is 0 Å². The number of fused-ring (bicyclic) bond motifs is 2. The maximum absolute atomic E-state index is 11.4. The van der Waals surface area contributed by atoms with Gasteiger partial charge >= 0.3 is 0 Å². The van der Waals surface area contributed by atoms with E-state index in [1.807, 2.05) is 85.8 Å². The van der Waals surface area contributed by atoms with Crippen LogP contribution in [0.25, 0.3) is 32.7 Å². The van der Waals surface area contributed by atoms with Gasteiger partial charge in [0.2, 0.25) is 0 Å². The second-order valence-electron chi connectivity index (χ2n) is 7.74. The molecule has 0 radical (unpaired) electrons. The van der Waals surface area contributed by atoms with Crippen LogP contribution in [0.3, 0.4) is 0 Å². The minimum Gasteiger partial charge on any atom is -0.507 e. The second kappa shape index (κ2) is 7.33. The minimum atomic E-state index is -0.802. The van der Waals surface area contributed by atoms with E-state index in [1.165, 1.54) is 0 Å². The zero-order valence-corrected chi connectivity index (χ0v) is 16.7. The maximum atomic E-state index is 11.4. The van der Waals surface area contributed by atoms with E-state index in [2.05, 4.69) is 12.1 Å². The molecule has 0 aromatic heterocycles. The number of benzene rings is 5. The van der Waals surface area contributed by atoms with Crippen LogP contribution in [0.15, 0.2) is 97.1 Å². The van der Waals surface area contributed by atoms with Crippen molar-refractivity contribution in [3.63, 3.8) is 0 Å². The van der Waals surface area contributed by atoms with Gasteiger partial charge < -0.3 is 10.2 Å². The summed E-state index contributed by atoms with van der Waals surface area (Å²) in [6.07, 6.45) is -0.802. The van der Waals surface area contributed by atoms with Gasteiger partial charge in [-0.1, -0.05) is 96.6 Å². The van der Waals surface area contributed by atoms with Gasteiger partial charge in [-0.3, -0.25) is 0 Å². The van der Waals surface area contributed by atoms with E-state index in [9.17, 15) is 10.2 Å². The Morgan fingerprint density at radius 3 is 1.83 bits per heavy atom. The summed E-state index contributed by atoms with van der Waals surface area (Å²) in [5.41, 5.74) is 4.39. The molecule has 0 aliphatic carbocycles. The third-order valence-electron chi connectivity index (χ3n) is 5.81. The first-order chi connectivity index (χ1) is 14.6. The summed E-state index contributed by atoms with van der Waals surface area (Å²) >= 11 is 0. The molecule has 2 N–H and O–H groups in total. The molecule has 0 saturated carbocycles. The molecule has 5 aromatic rings. The first-order valence-corrected chi connectivity index (χ1v) is 10.1. The number of aryl methyl sites for hydroxylation is 1. The molecule has 0 saturated heterocycles. The lowest BCUT2D eigenvalue weighted by molar-refractivity contribution is 0.221. The van der Waals surface area contributed by atoms with Crippen molar-refractivity contribution in [1.29, 1.82) is 0 Å². The molecule has 0 spiro atoms. The highest BCUT2D eigenvalue weighted by Crippen LogP contribution is 2.44. The zero-order valence-electron chi connectivity index (χ0n) is 16.7. The van der Waals surface area contributed by atoms with Crippen molar-refractivity contribution >= 4 is 21.5 Å². The number of rotatable bonds is 3. The number of hydrogen-bond donors (Lipinski definition) is 2. The van der Waals surface area contributed by atoms with Crippen LogP contribution in [0.5, 0.6) is 5.75 Å². The number of phenolic OH excluding ortho intramolecular Hbond substituents is 1. The molecule has 0 fully saturated rings. The lowest BCUT2D eigenvalue weighted by Crippen LogP contribution is -2.03. The van der Waals surface area contributed by atoms with E-state index < -0.39 is 6.10 Å². The van der Waals surface area contributed by atoms with Gasteiger partial charge in [-0.2, -0.15) is 0 Å². The molecule has 5 aromatic carbocycles. The third kappa shape index (κ3) is 3.02. The molecular weight excluding hydrogens is 368 g/mol. The molecule has 0 amide bonds. The van der Waals surface area contributed by atoms with Crippen molar-refractivity contribution in [2.45, 2.75) is 13.0 Å². The molecule has 30 heavy (non-hydrogen) atoms. The molecule has 2 heteroatoms. The van der Waals surface area contributed by atoms with Gasteiger partial charge in [0.25, 0.3) is 0 Å². The predicted molar refractivity (Wildman–Crippen MR) is 124 cm³/mol. The Hall–Kier alpha value is -3.62. The first kappa shape index (κ1) is 18.4. The zero-order chi connectivity index (χ0) is 20.7. The van der Waals surface area contributed by atoms with Crippen molar-refractivity contribution < 1.29 is 10.2 Å². The second-order valence-corrected chi connectivity index (χ2v) is 7.74. The molecule has 146 valence electrons. The summed E-state index contributed by atoms with van der Waals surface area (Å²) in [6, 6.07) is 31.8. The van der Waals surface area contributed by atoms with Gasteiger partial charge in [-0.15, -0.1) is 0 Å². The number of aliphatic hydroxyl groups excluding tert-OH is 1. The lowest BCUT2D eigenvalue weighted by Gasteiger charge is -2.21. The Morgan fingerprint density at radius 2 is 1.17 bits per heavy atom. The molecule has 0 heterocycles. The highest BCUT2D eigenvalue weighted by Gasteiger charge is 2.21. The van der Waals surface area contributed by atoms with Gasteiger partial charge in [0.05, 0.1) is 0 Å². The van der Waals surface area contributed by atoms with Crippen LogP contribution in [-0.4, -0.2) is 10.2 Å². The monoisotopic (exact) mass is 390 g/mol. The Balaban J connectivity index is 1.87. The van der Waals surface area contributed by atoms with E-state index >= 15 is 0 Å². The Morgan fingerprint density at radius 1 is 0.600 bits per heavy atom. The van der Waals surface area contributed by atoms with Gasteiger partial charge in [-0.25, -0.2) is 0 Å². The molecular formula is C28H22O2. The topological polar surface area (TPSA) is 40.5 Å². The van der Waals surface area contributed by atoms with Gasteiger partial charge in [-0.05, 0) is 51.2 Å². The Kier molecular flexibility index (Phi) is 4.50. The molecule has 0 bridgehead atoms. The summed E-state index contributed by atoms with van der Waals surface area (Å²) in [5.74, 6) is 0.211. The Labute approximate surface area is 175 Å². The summed E-state index contributed by atoms with van der Waals surface area (Å²) in [5, 5.41) is 26.4. The SMILES string of the molecule is Cc1ccc([C@@H](O)c2ccc3ccccc3c2-c2c(O)ccc3ccccc23)cc1. The minimum absolute atomic E-state index is 0.211. The van der Waals surface area contributed by atoms with E-state index in [0.717, 1.165) is 49.4 Å². The summed E-state index contributed by atoms with van der Waals surface area (Å²) < 4.78 is 0. The molecule has 0 aliphatic rings. The van der Waals surface area contributed by atoms with Gasteiger partial charge in [0.1, 0.15) is 11.9 Å². The third-order valence-corrected chi connectivity index (χ3v) is 5.81. The van der Waals surface area contributed by atoms with E-state index in [1.54, 1.807) is 6.07 Å². The fourth-order valence-corrected chi connectivity index (χ4v) is 4.25. The number of aromatic hydroxyl groups is 1. The summed E-state index contributed by atoms with van der Waals surface area (Å²) in [4.78, 5) is 0. The fourth-order valence-electron chi connectivity index (χ4n) is 4.25. The normalized spacial score (nSPS) is 12.3. The summed E-state index contributed by atoms with van der Waals surface area (Å²) in [6.45, 7) is 2.03. The van der Waals surface area contributed by atoms with Crippen LogP contribution in [0.1, 0.15) is 22.8 Å². The van der Waals surface area contributed by atoms with Crippen LogP contribution in [0.4, 0.5) is 0 Å². The molecule has 5 rings (SSSR count). The smallest absolute Gasteiger partial charge is 0.124 e. The molecule has 0 aliphatic heterocycles. The van der Waals surface area contributed by atoms with Crippen LogP contribution >= 0.6 is 0 Å². The molecule has 0 unspecified atom stereocenters. The van der Waals surface area contributed by atoms with E-state index in [0.29, 0.717) is 0 Å². The highest BCUT2D eigenvalue weighted by atomic mass is 16.3. The summed E-state index contributed by atoms with van der Waals surface area (Å²) in [7, 11) is 0. The van der Waals surface area contributed by atoms with Crippen molar-refractivity contribution in [2.75, 3.05) is 0 Å². The average Bonchev–Trinajstić information content (AvgIpc) is 2.79.